The molecule has 0 aliphatic carbocycles. The molecule has 0 aliphatic heterocycles. The van der Waals surface area contributed by atoms with Crippen molar-refractivity contribution in [2.45, 2.75) is 6.42 Å². The molecular formula is C9H10BrN5. The standard InChI is InChI=1S/C9H10BrN5/c10-7-3-1-6(2-4-7)5-8-13-14-9(11)15(8)12/h1-4H,5,12H2,(H2,11,14). The molecule has 78 valence electrons. The molecule has 1 heterocycles. The molecule has 0 atom stereocenters. The van der Waals surface area contributed by atoms with E-state index < -0.39 is 0 Å². The number of benzene rings is 1. The van der Waals surface area contributed by atoms with E-state index in [2.05, 4.69) is 26.1 Å². The maximum Gasteiger partial charge on any atom is 0.240 e. The van der Waals surface area contributed by atoms with Crippen molar-refractivity contribution in [3.05, 3.63) is 40.1 Å². The van der Waals surface area contributed by atoms with Gasteiger partial charge in [0.1, 0.15) is 0 Å². The molecule has 15 heavy (non-hydrogen) atoms. The van der Waals surface area contributed by atoms with Crippen LogP contribution >= 0.6 is 15.9 Å². The van der Waals surface area contributed by atoms with Gasteiger partial charge < -0.3 is 11.6 Å². The summed E-state index contributed by atoms with van der Waals surface area (Å²) in [6, 6.07) is 7.93. The van der Waals surface area contributed by atoms with E-state index in [9.17, 15) is 0 Å². The monoisotopic (exact) mass is 267 g/mol. The van der Waals surface area contributed by atoms with Crippen molar-refractivity contribution in [2.24, 2.45) is 0 Å². The predicted octanol–water partition coefficient (Wildman–Crippen LogP) is 0.927. The average molecular weight is 268 g/mol. The van der Waals surface area contributed by atoms with Crippen LogP contribution in [0, 0.1) is 0 Å². The summed E-state index contributed by atoms with van der Waals surface area (Å²) in [6.45, 7) is 0. The van der Waals surface area contributed by atoms with Crippen LogP contribution in [0.1, 0.15) is 11.4 Å². The molecule has 1 aromatic carbocycles. The molecule has 2 aromatic rings. The average Bonchev–Trinajstić information content (AvgIpc) is 2.53. The van der Waals surface area contributed by atoms with Gasteiger partial charge in [0.05, 0.1) is 0 Å². The van der Waals surface area contributed by atoms with Crippen LogP contribution < -0.4 is 11.6 Å². The Hall–Kier alpha value is -1.56. The first kappa shape index (κ1) is 9.97. The van der Waals surface area contributed by atoms with Crippen molar-refractivity contribution >= 4 is 21.9 Å². The Kier molecular flexibility index (Phi) is 2.59. The van der Waals surface area contributed by atoms with E-state index in [0.717, 1.165) is 10.0 Å². The van der Waals surface area contributed by atoms with Crippen LogP contribution in [0.2, 0.25) is 0 Å². The lowest BCUT2D eigenvalue weighted by atomic mass is 10.1. The summed E-state index contributed by atoms with van der Waals surface area (Å²) in [7, 11) is 0. The molecule has 0 saturated heterocycles. The SMILES string of the molecule is Nc1nnc(Cc2ccc(Br)cc2)n1N. The van der Waals surface area contributed by atoms with Gasteiger partial charge >= 0.3 is 0 Å². The van der Waals surface area contributed by atoms with Gasteiger partial charge in [0.25, 0.3) is 0 Å². The molecule has 0 amide bonds. The number of halogens is 1. The van der Waals surface area contributed by atoms with E-state index in [1.54, 1.807) is 0 Å². The quantitative estimate of drug-likeness (QED) is 0.793. The van der Waals surface area contributed by atoms with Gasteiger partial charge in [-0.3, -0.25) is 0 Å². The Bertz CT molecular complexity index is 462. The fourth-order valence-corrected chi connectivity index (χ4v) is 1.51. The number of nitrogens with two attached hydrogens (primary N) is 2. The fourth-order valence-electron chi connectivity index (χ4n) is 1.24. The Balaban J connectivity index is 2.22. The van der Waals surface area contributed by atoms with Gasteiger partial charge in [-0.1, -0.05) is 28.1 Å². The fraction of sp³-hybridized carbons (Fsp3) is 0.111. The van der Waals surface area contributed by atoms with Crippen molar-refractivity contribution in [1.82, 2.24) is 14.9 Å². The topological polar surface area (TPSA) is 82.8 Å². The molecule has 0 fully saturated rings. The zero-order valence-electron chi connectivity index (χ0n) is 7.89. The highest BCUT2D eigenvalue weighted by Gasteiger charge is 2.06. The Labute approximate surface area is 95.2 Å². The minimum Gasteiger partial charge on any atom is -0.366 e. The highest BCUT2D eigenvalue weighted by atomic mass is 79.9. The van der Waals surface area contributed by atoms with Gasteiger partial charge in [-0.05, 0) is 17.7 Å². The Morgan fingerprint density at radius 2 is 1.87 bits per heavy atom. The van der Waals surface area contributed by atoms with Crippen LogP contribution in [0.25, 0.3) is 0 Å². The summed E-state index contributed by atoms with van der Waals surface area (Å²) in [5.74, 6) is 6.51. The third kappa shape index (κ3) is 2.10. The second-order valence-electron chi connectivity index (χ2n) is 3.15. The maximum absolute atomic E-state index is 5.64. The molecular weight excluding hydrogens is 258 g/mol. The third-order valence-electron chi connectivity index (χ3n) is 2.07. The van der Waals surface area contributed by atoms with Crippen LogP contribution in [0.5, 0.6) is 0 Å². The van der Waals surface area contributed by atoms with E-state index in [0.29, 0.717) is 12.2 Å². The van der Waals surface area contributed by atoms with E-state index in [-0.39, 0.29) is 5.95 Å². The number of nitrogens with zero attached hydrogens (tertiary/aromatic N) is 3. The summed E-state index contributed by atoms with van der Waals surface area (Å²) in [4.78, 5) is 0. The van der Waals surface area contributed by atoms with Gasteiger partial charge in [-0.15, -0.1) is 10.2 Å². The van der Waals surface area contributed by atoms with Crippen molar-refractivity contribution in [2.75, 3.05) is 11.6 Å². The molecule has 0 radical (unpaired) electrons. The van der Waals surface area contributed by atoms with E-state index in [1.807, 2.05) is 24.3 Å². The Morgan fingerprint density at radius 3 is 2.40 bits per heavy atom. The van der Waals surface area contributed by atoms with Crippen molar-refractivity contribution in [3.63, 3.8) is 0 Å². The lowest BCUT2D eigenvalue weighted by Gasteiger charge is -2.01. The molecule has 2 rings (SSSR count). The van der Waals surface area contributed by atoms with Gasteiger partial charge in [-0.2, -0.15) is 0 Å². The first-order valence-electron chi connectivity index (χ1n) is 4.36. The zero-order chi connectivity index (χ0) is 10.8. The number of anilines is 1. The third-order valence-corrected chi connectivity index (χ3v) is 2.60. The molecule has 0 saturated carbocycles. The first-order chi connectivity index (χ1) is 7.16. The van der Waals surface area contributed by atoms with Crippen molar-refractivity contribution in [1.29, 1.82) is 0 Å². The van der Waals surface area contributed by atoms with Gasteiger partial charge in [-0.25, -0.2) is 4.68 Å². The minimum absolute atomic E-state index is 0.224. The van der Waals surface area contributed by atoms with Crippen LogP contribution in [0.4, 0.5) is 5.95 Å². The summed E-state index contributed by atoms with van der Waals surface area (Å²) >= 11 is 3.37. The number of nitrogen functional groups attached to an aromatic ring is 2. The smallest absolute Gasteiger partial charge is 0.240 e. The van der Waals surface area contributed by atoms with Crippen LogP contribution in [-0.4, -0.2) is 14.9 Å². The normalized spacial score (nSPS) is 10.5. The predicted molar refractivity (Wildman–Crippen MR) is 61.5 cm³/mol. The molecule has 1 aromatic heterocycles. The summed E-state index contributed by atoms with van der Waals surface area (Å²) in [6.07, 6.45) is 0.619. The lowest BCUT2D eigenvalue weighted by Crippen LogP contribution is -2.15. The number of hydrogen-bond donors (Lipinski definition) is 2. The lowest BCUT2D eigenvalue weighted by molar-refractivity contribution is 0.878. The molecule has 0 bridgehead atoms. The summed E-state index contributed by atoms with van der Waals surface area (Å²) in [5.41, 5.74) is 6.58. The zero-order valence-corrected chi connectivity index (χ0v) is 9.48. The minimum atomic E-state index is 0.224. The van der Waals surface area contributed by atoms with E-state index >= 15 is 0 Å². The molecule has 0 spiro atoms. The Morgan fingerprint density at radius 1 is 1.20 bits per heavy atom. The molecule has 6 heteroatoms. The summed E-state index contributed by atoms with van der Waals surface area (Å²) < 4.78 is 2.34. The van der Waals surface area contributed by atoms with Gasteiger partial charge in [0.2, 0.25) is 5.95 Å². The summed E-state index contributed by atoms with van der Waals surface area (Å²) in [5, 5.41) is 7.57. The number of aromatic nitrogens is 3. The van der Waals surface area contributed by atoms with Crippen LogP contribution in [-0.2, 0) is 6.42 Å². The molecule has 0 unspecified atom stereocenters. The van der Waals surface area contributed by atoms with Crippen molar-refractivity contribution < 1.29 is 0 Å². The maximum atomic E-state index is 5.64. The molecule has 4 N–H and O–H groups in total. The van der Waals surface area contributed by atoms with Crippen molar-refractivity contribution in [3.8, 4) is 0 Å². The van der Waals surface area contributed by atoms with Gasteiger partial charge in [0, 0.05) is 10.9 Å². The van der Waals surface area contributed by atoms with Gasteiger partial charge in [0.15, 0.2) is 5.82 Å². The first-order valence-corrected chi connectivity index (χ1v) is 5.15. The second-order valence-corrected chi connectivity index (χ2v) is 4.06. The van der Waals surface area contributed by atoms with Crippen LogP contribution in [0.3, 0.4) is 0 Å². The second kappa shape index (κ2) is 3.90. The number of hydrogen-bond acceptors (Lipinski definition) is 4. The highest BCUT2D eigenvalue weighted by molar-refractivity contribution is 9.10. The molecule has 5 nitrogen and oxygen atoms in total. The van der Waals surface area contributed by atoms with Crippen LogP contribution in [0.15, 0.2) is 28.7 Å². The molecule has 0 aliphatic rings. The highest BCUT2D eigenvalue weighted by Crippen LogP contribution is 2.13. The van der Waals surface area contributed by atoms with E-state index in [4.69, 9.17) is 11.6 Å². The number of rotatable bonds is 2. The van der Waals surface area contributed by atoms with E-state index in [1.165, 1.54) is 4.68 Å². The largest absolute Gasteiger partial charge is 0.366 e.